The van der Waals surface area contributed by atoms with Crippen molar-refractivity contribution in [2.24, 2.45) is 5.73 Å². The van der Waals surface area contributed by atoms with Gasteiger partial charge in [0.05, 0.1) is 13.2 Å². The van der Waals surface area contributed by atoms with Gasteiger partial charge in [-0.3, -0.25) is 0 Å². The lowest BCUT2D eigenvalue weighted by molar-refractivity contribution is 0.406. The Hall–Kier alpha value is -2.04. The maximum Gasteiger partial charge on any atom is 0.176 e. The van der Waals surface area contributed by atoms with Crippen LogP contribution in [0.3, 0.4) is 0 Å². The van der Waals surface area contributed by atoms with Crippen LogP contribution >= 0.6 is 11.6 Å². The van der Waals surface area contributed by atoms with E-state index >= 15 is 0 Å². The lowest BCUT2D eigenvalue weighted by Gasteiger charge is -2.08. The van der Waals surface area contributed by atoms with Crippen LogP contribution in [-0.2, 0) is 0 Å². The van der Waals surface area contributed by atoms with Crippen LogP contribution in [-0.4, -0.2) is 7.11 Å². The van der Waals surface area contributed by atoms with Gasteiger partial charge in [0.15, 0.2) is 11.3 Å². The largest absolute Gasteiger partial charge is 0.493 e. The zero-order chi connectivity index (χ0) is 15.0. The second-order valence-electron chi connectivity index (χ2n) is 4.70. The molecule has 1 aromatic heterocycles. The number of halogens is 2. The fraction of sp³-hybridized carbons (Fsp3) is 0.125. The second-order valence-corrected chi connectivity index (χ2v) is 5.14. The Balaban J connectivity index is 2.06. The molecule has 5 heteroatoms. The standard InChI is InChI=1S/C16H13ClFNO2/c1-20-14-8-11(17)6-10-7-13(21-16(10)14)15(19)9-2-4-12(18)5-3-9/h2-8,15H,19H2,1H3. The van der Waals surface area contributed by atoms with E-state index in [-0.39, 0.29) is 5.82 Å². The number of nitrogens with two attached hydrogens (primary N) is 1. The average Bonchev–Trinajstić information content (AvgIpc) is 2.90. The van der Waals surface area contributed by atoms with Crippen LogP contribution in [0.4, 0.5) is 4.39 Å². The van der Waals surface area contributed by atoms with E-state index in [1.54, 1.807) is 31.4 Å². The fourth-order valence-electron chi connectivity index (χ4n) is 2.25. The van der Waals surface area contributed by atoms with Gasteiger partial charge in [-0.1, -0.05) is 23.7 Å². The summed E-state index contributed by atoms with van der Waals surface area (Å²) in [7, 11) is 1.55. The first-order valence-electron chi connectivity index (χ1n) is 6.36. The second kappa shape index (κ2) is 5.39. The topological polar surface area (TPSA) is 48.4 Å². The highest BCUT2D eigenvalue weighted by Gasteiger charge is 2.17. The maximum absolute atomic E-state index is 13.0. The Morgan fingerprint density at radius 2 is 1.90 bits per heavy atom. The summed E-state index contributed by atoms with van der Waals surface area (Å²) < 4.78 is 24.0. The Morgan fingerprint density at radius 3 is 2.57 bits per heavy atom. The summed E-state index contributed by atoms with van der Waals surface area (Å²) in [5.74, 6) is 0.816. The third-order valence-electron chi connectivity index (χ3n) is 3.32. The van der Waals surface area contributed by atoms with Crippen molar-refractivity contribution in [2.45, 2.75) is 6.04 Å². The molecule has 1 heterocycles. The predicted octanol–water partition coefficient (Wildman–Crippen LogP) is 4.28. The zero-order valence-corrected chi connectivity index (χ0v) is 12.0. The lowest BCUT2D eigenvalue weighted by atomic mass is 10.1. The quantitative estimate of drug-likeness (QED) is 0.785. The molecule has 21 heavy (non-hydrogen) atoms. The molecule has 2 N–H and O–H groups in total. The minimum atomic E-state index is -0.485. The Labute approximate surface area is 126 Å². The number of rotatable bonds is 3. The molecule has 0 amide bonds. The van der Waals surface area contributed by atoms with Crippen molar-refractivity contribution in [1.29, 1.82) is 0 Å². The summed E-state index contributed by atoms with van der Waals surface area (Å²) in [5.41, 5.74) is 7.53. The van der Waals surface area contributed by atoms with E-state index in [0.29, 0.717) is 22.1 Å². The number of ether oxygens (including phenoxy) is 1. The number of benzene rings is 2. The Morgan fingerprint density at radius 1 is 1.19 bits per heavy atom. The molecule has 0 saturated carbocycles. The van der Waals surface area contributed by atoms with Crippen molar-refractivity contribution in [1.82, 2.24) is 0 Å². The maximum atomic E-state index is 13.0. The van der Waals surface area contributed by atoms with Gasteiger partial charge < -0.3 is 14.9 Å². The summed E-state index contributed by atoms with van der Waals surface area (Å²) in [5, 5.41) is 1.37. The van der Waals surface area contributed by atoms with Gasteiger partial charge in [-0.15, -0.1) is 0 Å². The zero-order valence-electron chi connectivity index (χ0n) is 11.3. The Bertz CT molecular complexity index is 783. The van der Waals surface area contributed by atoms with E-state index in [1.165, 1.54) is 12.1 Å². The minimum absolute atomic E-state index is 0.302. The highest BCUT2D eigenvalue weighted by atomic mass is 35.5. The number of hydrogen-bond donors (Lipinski definition) is 1. The normalized spacial score (nSPS) is 12.6. The molecular weight excluding hydrogens is 293 g/mol. The molecule has 1 unspecified atom stereocenters. The molecule has 0 radical (unpaired) electrons. The van der Waals surface area contributed by atoms with E-state index in [0.717, 1.165) is 10.9 Å². The molecule has 0 aliphatic carbocycles. The molecule has 0 spiro atoms. The fourth-order valence-corrected chi connectivity index (χ4v) is 2.46. The summed E-state index contributed by atoms with van der Waals surface area (Å²) in [4.78, 5) is 0. The van der Waals surface area contributed by atoms with Crippen LogP contribution < -0.4 is 10.5 Å². The number of furan rings is 1. The van der Waals surface area contributed by atoms with Crippen LogP contribution in [0, 0.1) is 5.82 Å². The van der Waals surface area contributed by atoms with Gasteiger partial charge in [0.1, 0.15) is 11.6 Å². The molecule has 2 aromatic carbocycles. The first kappa shape index (κ1) is 13.9. The van der Waals surface area contributed by atoms with E-state index in [2.05, 4.69) is 0 Å². The summed E-state index contributed by atoms with van der Waals surface area (Å²) in [6.07, 6.45) is 0. The first-order valence-corrected chi connectivity index (χ1v) is 6.74. The number of fused-ring (bicyclic) bond motifs is 1. The van der Waals surface area contributed by atoms with Crippen LogP contribution in [0.5, 0.6) is 5.75 Å². The van der Waals surface area contributed by atoms with Gasteiger partial charge in [-0.2, -0.15) is 0 Å². The Kier molecular flexibility index (Phi) is 3.57. The van der Waals surface area contributed by atoms with Gasteiger partial charge >= 0.3 is 0 Å². The van der Waals surface area contributed by atoms with Crippen molar-refractivity contribution < 1.29 is 13.5 Å². The van der Waals surface area contributed by atoms with Crippen molar-refractivity contribution in [3.05, 3.63) is 64.6 Å². The molecule has 0 fully saturated rings. The number of methoxy groups -OCH3 is 1. The lowest BCUT2D eigenvalue weighted by Crippen LogP contribution is -2.10. The molecule has 0 saturated heterocycles. The molecule has 0 aliphatic rings. The smallest absolute Gasteiger partial charge is 0.176 e. The van der Waals surface area contributed by atoms with Gasteiger partial charge in [0, 0.05) is 16.5 Å². The first-order chi connectivity index (χ1) is 10.1. The van der Waals surface area contributed by atoms with Gasteiger partial charge in [-0.25, -0.2) is 4.39 Å². The van der Waals surface area contributed by atoms with Gasteiger partial charge in [-0.05, 0) is 29.8 Å². The molecule has 3 aromatic rings. The van der Waals surface area contributed by atoms with Crippen LogP contribution in [0.1, 0.15) is 17.4 Å². The average molecular weight is 306 g/mol. The highest BCUT2D eigenvalue weighted by molar-refractivity contribution is 6.31. The molecule has 3 rings (SSSR count). The van der Waals surface area contributed by atoms with Crippen LogP contribution in [0.25, 0.3) is 11.0 Å². The molecule has 3 nitrogen and oxygen atoms in total. The molecular formula is C16H13ClFNO2. The van der Waals surface area contributed by atoms with Crippen molar-refractivity contribution in [2.75, 3.05) is 7.11 Å². The van der Waals surface area contributed by atoms with Crippen molar-refractivity contribution >= 4 is 22.6 Å². The van der Waals surface area contributed by atoms with Crippen molar-refractivity contribution in [3.63, 3.8) is 0 Å². The van der Waals surface area contributed by atoms with E-state index in [4.69, 9.17) is 26.5 Å². The number of hydrogen-bond acceptors (Lipinski definition) is 3. The molecule has 0 aliphatic heterocycles. The van der Waals surface area contributed by atoms with Gasteiger partial charge in [0.2, 0.25) is 0 Å². The minimum Gasteiger partial charge on any atom is -0.493 e. The van der Waals surface area contributed by atoms with Crippen LogP contribution in [0.2, 0.25) is 5.02 Å². The van der Waals surface area contributed by atoms with E-state index in [1.807, 2.05) is 6.07 Å². The third-order valence-corrected chi connectivity index (χ3v) is 3.54. The van der Waals surface area contributed by atoms with E-state index in [9.17, 15) is 4.39 Å². The summed E-state index contributed by atoms with van der Waals surface area (Å²) in [6, 6.07) is 10.8. The summed E-state index contributed by atoms with van der Waals surface area (Å²) >= 11 is 6.03. The molecule has 108 valence electrons. The molecule has 0 bridgehead atoms. The highest BCUT2D eigenvalue weighted by Crippen LogP contribution is 2.34. The molecule has 1 atom stereocenters. The van der Waals surface area contributed by atoms with Crippen molar-refractivity contribution in [3.8, 4) is 5.75 Å². The van der Waals surface area contributed by atoms with E-state index < -0.39 is 6.04 Å². The predicted molar refractivity (Wildman–Crippen MR) is 80.2 cm³/mol. The third kappa shape index (κ3) is 2.60. The van der Waals surface area contributed by atoms with Gasteiger partial charge in [0.25, 0.3) is 0 Å². The monoisotopic (exact) mass is 305 g/mol. The SMILES string of the molecule is COc1cc(Cl)cc2cc(C(N)c3ccc(F)cc3)oc12. The van der Waals surface area contributed by atoms with Crippen LogP contribution in [0.15, 0.2) is 46.9 Å². The summed E-state index contributed by atoms with van der Waals surface area (Å²) in [6.45, 7) is 0.